The number of aromatic nitrogens is 4. The van der Waals surface area contributed by atoms with Gasteiger partial charge < -0.3 is 4.90 Å². The van der Waals surface area contributed by atoms with Gasteiger partial charge in [-0.25, -0.2) is 9.67 Å². The molecule has 0 N–H and O–H groups in total. The molecule has 0 aliphatic carbocycles. The Morgan fingerprint density at radius 3 is 2.33 bits per heavy atom. The van der Waals surface area contributed by atoms with E-state index in [1.807, 2.05) is 24.7 Å². The molecule has 1 aliphatic heterocycles. The normalized spacial score (nSPS) is 22.6. The molecule has 21 heavy (non-hydrogen) atoms. The molecule has 0 bridgehead atoms. The minimum absolute atomic E-state index is 0.702. The molecule has 2 atom stereocenters. The fourth-order valence-corrected chi connectivity index (χ4v) is 3.31. The van der Waals surface area contributed by atoms with Crippen molar-refractivity contribution < 1.29 is 0 Å². The van der Waals surface area contributed by atoms with Gasteiger partial charge in [-0.3, -0.25) is 4.98 Å². The van der Waals surface area contributed by atoms with Gasteiger partial charge in [0.2, 0.25) is 0 Å². The molecule has 0 amide bonds. The molecule has 1 saturated heterocycles. The van der Waals surface area contributed by atoms with Crippen LogP contribution in [0.15, 0.2) is 18.5 Å². The lowest BCUT2D eigenvalue weighted by Gasteiger charge is -2.35. The number of rotatable bonds is 2. The van der Waals surface area contributed by atoms with E-state index in [0.29, 0.717) is 11.8 Å². The van der Waals surface area contributed by atoms with Crippen molar-refractivity contribution in [2.24, 2.45) is 11.8 Å². The van der Waals surface area contributed by atoms with Gasteiger partial charge in [0, 0.05) is 18.8 Å². The lowest BCUT2D eigenvalue weighted by molar-refractivity contribution is 0.355. The van der Waals surface area contributed by atoms with Crippen LogP contribution in [0.1, 0.15) is 31.7 Å². The number of hydrogen-bond donors (Lipinski definition) is 0. The maximum atomic E-state index is 4.77. The zero-order chi connectivity index (χ0) is 15.0. The summed E-state index contributed by atoms with van der Waals surface area (Å²) in [7, 11) is 0. The maximum Gasteiger partial charge on any atom is 0.174 e. The average molecular weight is 285 g/mol. The van der Waals surface area contributed by atoms with Crippen LogP contribution in [0, 0.1) is 25.7 Å². The molecule has 0 spiro atoms. The topological polar surface area (TPSA) is 46.8 Å². The van der Waals surface area contributed by atoms with E-state index in [0.717, 1.165) is 36.1 Å². The number of hydrogen-bond acceptors (Lipinski definition) is 4. The van der Waals surface area contributed by atoms with Crippen LogP contribution in [0.5, 0.6) is 0 Å². The van der Waals surface area contributed by atoms with E-state index >= 15 is 0 Å². The van der Waals surface area contributed by atoms with Crippen LogP contribution >= 0.6 is 0 Å². The first-order chi connectivity index (χ1) is 10.0. The molecular formula is C16H23N5. The molecule has 5 nitrogen and oxygen atoms in total. The van der Waals surface area contributed by atoms with Crippen molar-refractivity contribution in [2.45, 2.75) is 34.1 Å². The molecule has 3 rings (SSSR count). The largest absolute Gasteiger partial charge is 0.355 e. The van der Waals surface area contributed by atoms with Crippen LogP contribution in [0.3, 0.4) is 0 Å². The monoisotopic (exact) mass is 285 g/mol. The first kappa shape index (κ1) is 14.0. The summed E-state index contributed by atoms with van der Waals surface area (Å²) in [4.78, 5) is 11.5. The molecule has 2 unspecified atom stereocenters. The van der Waals surface area contributed by atoms with Crippen LogP contribution in [0.25, 0.3) is 5.82 Å². The lowest BCUT2D eigenvalue weighted by atomic mass is 9.92. The number of piperidine rings is 1. The molecule has 2 aromatic heterocycles. The molecular weight excluding hydrogens is 262 g/mol. The maximum absolute atomic E-state index is 4.77. The Labute approximate surface area is 126 Å². The van der Waals surface area contributed by atoms with E-state index in [4.69, 9.17) is 4.98 Å². The standard InChI is InChI=1S/C16H23N5/c1-11-5-12(2)10-20(9-11)15-7-17-8-16(18-15)21-14(4)6-13(3)19-21/h6-8,11-12H,5,9-10H2,1-4H3. The highest BCUT2D eigenvalue weighted by Gasteiger charge is 2.23. The third-order valence-electron chi connectivity index (χ3n) is 4.03. The van der Waals surface area contributed by atoms with Crippen molar-refractivity contribution in [1.29, 1.82) is 0 Å². The van der Waals surface area contributed by atoms with Gasteiger partial charge in [0.05, 0.1) is 18.1 Å². The summed E-state index contributed by atoms with van der Waals surface area (Å²) in [5.74, 6) is 3.16. The van der Waals surface area contributed by atoms with Crippen molar-refractivity contribution in [3.8, 4) is 5.82 Å². The fourth-order valence-electron chi connectivity index (χ4n) is 3.31. The van der Waals surface area contributed by atoms with Crippen molar-refractivity contribution in [3.05, 3.63) is 29.8 Å². The van der Waals surface area contributed by atoms with Gasteiger partial charge in [0.1, 0.15) is 5.82 Å². The van der Waals surface area contributed by atoms with Gasteiger partial charge in [0.25, 0.3) is 0 Å². The highest BCUT2D eigenvalue weighted by Crippen LogP contribution is 2.25. The van der Waals surface area contributed by atoms with Crippen molar-refractivity contribution >= 4 is 5.82 Å². The smallest absolute Gasteiger partial charge is 0.174 e. The predicted octanol–water partition coefficient (Wildman–Crippen LogP) is 2.76. The van der Waals surface area contributed by atoms with Crippen LogP contribution in [-0.2, 0) is 0 Å². The Balaban J connectivity index is 1.91. The molecule has 3 heterocycles. The first-order valence-corrected chi connectivity index (χ1v) is 7.63. The summed E-state index contributed by atoms with van der Waals surface area (Å²) in [6.45, 7) is 10.8. The zero-order valence-electron chi connectivity index (χ0n) is 13.2. The summed E-state index contributed by atoms with van der Waals surface area (Å²) in [6.07, 6.45) is 4.93. The Kier molecular flexibility index (Phi) is 3.66. The van der Waals surface area contributed by atoms with Crippen LogP contribution < -0.4 is 4.90 Å². The van der Waals surface area contributed by atoms with Gasteiger partial charge in [-0.05, 0) is 38.2 Å². The second-order valence-corrected chi connectivity index (χ2v) is 6.43. The molecule has 112 valence electrons. The minimum atomic E-state index is 0.702. The van der Waals surface area contributed by atoms with Gasteiger partial charge >= 0.3 is 0 Å². The van der Waals surface area contributed by atoms with Gasteiger partial charge in [-0.1, -0.05) is 13.8 Å². The average Bonchev–Trinajstić information content (AvgIpc) is 2.77. The van der Waals surface area contributed by atoms with Crippen LogP contribution in [-0.4, -0.2) is 32.8 Å². The second kappa shape index (κ2) is 5.47. The lowest BCUT2D eigenvalue weighted by Crippen LogP contribution is -2.39. The van der Waals surface area contributed by atoms with Crippen molar-refractivity contribution in [3.63, 3.8) is 0 Å². The minimum Gasteiger partial charge on any atom is -0.355 e. The summed E-state index contributed by atoms with van der Waals surface area (Å²) >= 11 is 0. The van der Waals surface area contributed by atoms with Crippen LogP contribution in [0.4, 0.5) is 5.82 Å². The highest BCUT2D eigenvalue weighted by molar-refractivity contribution is 5.40. The number of anilines is 1. The number of nitrogens with zero attached hydrogens (tertiary/aromatic N) is 5. The fraction of sp³-hybridized carbons (Fsp3) is 0.562. The Morgan fingerprint density at radius 2 is 1.71 bits per heavy atom. The molecule has 0 aromatic carbocycles. The third-order valence-corrected chi connectivity index (χ3v) is 4.03. The van der Waals surface area contributed by atoms with E-state index in [1.165, 1.54) is 6.42 Å². The molecule has 0 radical (unpaired) electrons. The molecule has 0 saturated carbocycles. The van der Waals surface area contributed by atoms with E-state index < -0.39 is 0 Å². The predicted molar refractivity (Wildman–Crippen MR) is 83.8 cm³/mol. The molecule has 1 aliphatic rings. The van der Waals surface area contributed by atoms with Gasteiger partial charge in [0.15, 0.2) is 5.82 Å². The van der Waals surface area contributed by atoms with Gasteiger partial charge in [-0.15, -0.1) is 0 Å². The molecule has 2 aromatic rings. The van der Waals surface area contributed by atoms with E-state index in [1.54, 1.807) is 6.20 Å². The highest BCUT2D eigenvalue weighted by atomic mass is 15.3. The summed E-state index contributed by atoms with van der Waals surface area (Å²) in [5.41, 5.74) is 2.08. The Hall–Kier alpha value is -1.91. The SMILES string of the molecule is Cc1cc(C)n(-c2cncc(N3CC(C)CC(C)C3)n2)n1. The third kappa shape index (κ3) is 2.91. The first-order valence-electron chi connectivity index (χ1n) is 7.63. The summed E-state index contributed by atoms with van der Waals surface area (Å²) in [5, 5.41) is 4.49. The van der Waals surface area contributed by atoms with E-state index in [9.17, 15) is 0 Å². The number of aryl methyl sites for hydroxylation is 2. The summed E-state index contributed by atoms with van der Waals surface area (Å²) in [6, 6.07) is 2.05. The van der Waals surface area contributed by atoms with Crippen LogP contribution in [0.2, 0.25) is 0 Å². The van der Waals surface area contributed by atoms with E-state index in [2.05, 4.69) is 34.9 Å². The van der Waals surface area contributed by atoms with E-state index in [-0.39, 0.29) is 0 Å². The zero-order valence-corrected chi connectivity index (χ0v) is 13.2. The summed E-state index contributed by atoms with van der Waals surface area (Å²) < 4.78 is 1.86. The van der Waals surface area contributed by atoms with Gasteiger partial charge in [-0.2, -0.15) is 5.10 Å². The van der Waals surface area contributed by atoms with Crippen molar-refractivity contribution in [1.82, 2.24) is 19.7 Å². The second-order valence-electron chi connectivity index (χ2n) is 6.43. The quantitative estimate of drug-likeness (QED) is 0.851. The van der Waals surface area contributed by atoms with Crippen molar-refractivity contribution in [2.75, 3.05) is 18.0 Å². The molecule has 5 heteroatoms. The Morgan fingerprint density at radius 1 is 1.05 bits per heavy atom. The Bertz CT molecular complexity index is 623. The molecule has 1 fully saturated rings.